The Hall–Kier alpha value is -3.52. The first-order valence-corrected chi connectivity index (χ1v) is 14.9. The summed E-state index contributed by atoms with van der Waals surface area (Å²) < 4.78 is 5.13. The van der Waals surface area contributed by atoms with Crippen molar-refractivity contribution in [1.82, 2.24) is 0 Å². The van der Waals surface area contributed by atoms with Crippen LogP contribution in [0.25, 0.3) is 16.7 Å². The summed E-state index contributed by atoms with van der Waals surface area (Å²) in [5, 5.41) is 18.3. The van der Waals surface area contributed by atoms with Gasteiger partial charge in [-0.2, -0.15) is 34.5 Å². The zero-order chi connectivity index (χ0) is 34.1. The molecule has 0 spiro atoms. The first-order chi connectivity index (χ1) is 22.0. The van der Waals surface area contributed by atoms with E-state index in [2.05, 4.69) is 10.2 Å². The van der Waals surface area contributed by atoms with Gasteiger partial charge in [0.2, 0.25) is 5.91 Å². The summed E-state index contributed by atoms with van der Waals surface area (Å²) in [5.74, 6) is -0.189. The number of primary amides is 1. The minimum Gasteiger partial charge on any atom is -0.677 e. The maximum atomic E-state index is 11.8. The van der Waals surface area contributed by atoms with Crippen LogP contribution >= 0.6 is 0 Å². The number of phenols is 1. The van der Waals surface area contributed by atoms with Gasteiger partial charge in [0.1, 0.15) is 17.1 Å². The van der Waals surface area contributed by atoms with Gasteiger partial charge in [-0.3, -0.25) is 9.59 Å². The van der Waals surface area contributed by atoms with Gasteiger partial charge in [0.05, 0.1) is 17.7 Å². The molecule has 0 fully saturated rings. The van der Waals surface area contributed by atoms with E-state index < -0.39 is 5.63 Å². The van der Waals surface area contributed by atoms with Gasteiger partial charge in [0, 0.05) is 56.1 Å². The number of anilines is 1. The summed E-state index contributed by atoms with van der Waals surface area (Å²) in [4.78, 5) is 45.8. The summed E-state index contributed by atoms with van der Waals surface area (Å²) in [7, 11) is 3.98. The quantitative estimate of drug-likeness (QED) is 0.0727. The summed E-state index contributed by atoms with van der Waals surface area (Å²) in [5.41, 5.74) is 15.8. The van der Waals surface area contributed by atoms with Crippen LogP contribution in [0.4, 0.5) is 17.1 Å². The van der Waals surface area contributed by atoms with Crippen molar-refractivity contribution < 1.29 is 75.3 Å². The number of carbonyl (C=O) groups is 2. The van der Waals surface area contributed by atoms with Crippen molar-refractivity contribution >= 4 is 46.0 Å². The number of nitrogens with zero attached hydrogens (tertiary/aromatic N) is 3. The van der Waals surface area contributed by atoms with Crippen LogP contribution in [0.2, 0.25) is 0 Å². The van der Waals surface area contributed by atoms with Gasteiger partial charge >= 0.3 is 57.0 Å². The Kier molecular flexibility index (Phi) is 22.0. The second kappa shape index (κ2) is 23.7. The third-order valence-electron chi connectivity index (χ3n) is 6.77. The van der Waals surface area contributed by atoms with Gasteiger partial charge < -0.3 is 38.1 Å². The Balaban J connectivity index is 0.000000718. The minimum atomic E-state index is -0.507. The monoisotopic (exact) mass is 681 g/mol. The molecule has 0 aliphatic carbocycles. The van der Waals surface area contributed by atoms with E-state index in [1.807, 2.05) is 49.5 Å². The maximum absolute atomic E-state index is 11.8. The third-order valence-corrected chi connectivity index (χ3v) is 6.77. The van der Waals surface area contributed by atoms with Crippen molar-refractivity contribution in [3.63, 3.8) is 0 Å². The maximum Gasteiger partial charge on any atom is 1.00 e. The van der Waals surface area contributed by atoms with Crippen LogP contribution in [0.3, 0.4) is 0 Å². The molecule has 252 valence electrons. The number of Topliss-reactive ketones (excluding diaryl/α,β-unsaturated/α-hetero) is 1. The Morgan fingerprint density at radius 2 is 1.54 bits per heavy atom. The molecule has 0 aliphatic rings. The van der Waals surface area contributed by atoms with Crippen LogP contribution in [0.5, 0.6) is 5.75 Å². The number of nitrogens with two attached hydrogens (primary N) is 1. The Bertz CT molecular complexity index is 1670. The van der Waals surface area contributed by atoms with E-state index >= 15 is 0 Å². The summed E-state index contributed by atoms with van der Waals surface area (Å²) in [6.07, 6.45) is 5.46. The molecule has 1 heterocycles. The van der Waals surface area contributed by atoms with E-state index in [0.29, 0.717) is 41.8 Å². The fourth-order valence-electron chi connectivity index (χ4n) is 4.04. The molecule has 12 heteroatoms. The molecule has 1 aromatic heterocycles. The topological polar surface area (TPSA) is 179 Å². The van der Waals surface area contributed by atoms with Crippen LogP contribution in [-0.2, 0) is 20.8 Å². The molecule has 3 aromatic carbocycles. The number of fused-ring (bicyclic) bond motifs is 1. The van der Waals surface area contributed by atoms with Crippen molar-refractivity contribution in [2.45, 2.75) is 52.4 Å². The number of carbonyl (C=O) groups excluding carboxylic acids is 3. The number of ketones is 1. The zero-order valence-corrected chi connectivity index (χ0v) is 31.8. The Morgan fingerprint density at radius 3 is 2.04 bits per heavy atom. The largest absolute Gasteiger partial charge is 1.00 e. The Morgan fingerprint density at radius 1 is 0.958 bits per heavy atom. The van der Waals surface area contributed by atoms with Gasteiger partial charge in [-0.1, -0.05) is 31.9 Å². The van der Waals surface area contributed by atoms with Crippen molar-refractivity contribution in [3.05, 3.63) is 107 Å². The van der Waals surface area contributed by atoms with Crippen LogP contribution in [-0.4, -0.2) is 43.7 Å². The fraction of sp³-hybridized carbons (Fsp3) is 0.306. The molecule has 0 saturated carbocycles. The van der Waals surface area contributed by atoms with Crippen LogP contribution in [0.15, 0.2) is 86.2 Å². The number of amides is 1. The number of benzene rings is 3. The van der Waals surface area contributed by atoms with Crippen molar-refractivity contribution in [2.75, 3.05) is 25.5 Å². The normalized spacial score (nSPS) is 10.0. The third kappa shape index (κ3) is 15.6. The molecule has 11 nitrogen and oxygen atoms in total. The van der Waals surface area contributed by atoms with Gasteiger partial charge in [-0.25, -0.2) is 4.79 Å². The molecule has 0 atom stereocenters. The average molecular weight is 682 g/mol. The fourth-order valence-corrected chi connectivity index (χ4v) is 4.04. The first-order valence-electron chi connectivity index (χ1n) is 14.9. The number of unbranched alkanes of at least 4 members (excludes halogenated alkanes) is 2. The smallest absolute Gasteiger partial charge is 0.677 e. The van der Waals surface area contributed by atoms with Gasteiger partial charge in [-0.05, 0) is 55.3 Å². The molecule has 4 N–H and O–H groups in total. The molecule has 4 rings (SSSR count). The predicted octanol–water partition coefficient (Wildman–Crippen LogP) is 4.49. The van der Waals surface area contributed by atoms with Crippen LogP contribution in [0, 0.1) is 14.4 Å². The van der Waals surface area contributed by atoms with Crippen molar-refractivity contribution in [1.29, 1.82) is 0 Å². The molecule has 1 amide bonds. The van der Waals surface area contributed by atoms with Crippen LogP contribution < -0.4 is 67.6 Å². The molecular weight excluding hydrogens is 638 g/mol. The van der Waals surface area contributed by atoms with E-state index in [1.54, 1.807) is 44.2 Å². The zero-order valence-electron chi connectivity index (χ0n) is 28.7. The molecule has 0 saturated heterocycles. The van der Waals surface area contributed by atoms with E-state index in [-0.39, 0.29) is 82.7 Å². The molecule has 0 aliphatic heterocycles. The van der Waals surface area contributed by atoms with E-state index in [9.17, 15) is 24.3 Å². The number of aryl methyl sites for hydroxylation is 1. The summed E-state index contributed by atoms with van der Waals surface area (Å²) in [6, 6.07) is 19.2. The Labute approximate surface area is 325 Å². The molecule has 48 heavy (non-hydrogen) atoms. The molecule has 0 radical (unpaired) electrons. The van der Waals surface area contributed by atoms with Crippen molar-refractivity contribution in [3.8, 4) is 5.75 Å². The van der Waals surface area contributed by atoms with E-state index in [1.165, 1.54) is 12.1 Å². The number of aromatic hydroxyl groups is 1. The summed E-state index contributed by atoms with van der Waals surface area (Å²) >= 11 is 0. The van der Waals surface area contributed by atoms with Crippen molar-refractivity contribution in [2.24, 2.45) is 16.0 Å². The minimum absolute atomic E-state index is 0. The van der Waals surface area contributed by atoms with Gasteiger partial charge in [-0.15, -0.1) is 0 Å². The number of rotatable bonds is 12. The number of hydrogen-bond acceptors (Lipinski definition) is 9. The SMILES string of the molecule is CCC(=O)Cc1c(C)c2ccc(O)cc2oc1=O.CN(C)c1ccc(N=Nc2ccc([C-]=O)cc2)cc1.[CH3-].[K+].[NH-]CCCCCC(N)=O. The van der Waals surface area contributed by atoms with E-state index in [0.717, 1.165) is 41.6 Å². The second-order valence-electron chi connectivity index (χ2n) is 10.5. The van der Waals surface area contributed by atoms with Gasteiger partial charge in [0.25, 0.3) is 0 Å². The number of azo groups is 1. The van der Waals surface area contributed by atoms with Crippen LogP contribution in [0.1, 0.15) is 55.7 Å². The predicted molar refractivity (Wildman–Crippen MR) is 187 cm³/mol. The average Bonchev–Trinajstić information content (AvgIpc) is 3.04. The molecular formula is C36H44KN5O6-2. The molecule has 0 bridgehead atoms. The number of phenolic OH excluding ortho intramolecular Hbond substituents is 1. The number of nitrogens with one attached hydrogen (secondary N) is 1. The van der Waals surface area contributed by atoms with Gasteiger partial charge in [0.15, 0.2) is 0 Å². The number of hydrogen-bond donors (Lipinski definition) is 2. The first kappa shape index (κ1) is 44.5. The second-order valence-corrected chi connectivity index (χ2v) is 10.5. The molecule has 0 unspecified atom stereocenters. The standard InChI is InChI=1S/C15H14N3O.C14H14O4.C6H13N2O.CH3.K/c1-18(2)15-9-7-14(8-10-15)17-16-13-5-3-12(11-19)4-6-13;1-3-9(15)6-12-8(2)11-5-4-10(16)7-13(11)18-14(12)17;7-5-3-1-2-4-6(8)9;;/h3-10H,1-2H3;4-5,7,16H,3,6H2,1-2H3;7H,1-5H2,(H2,8,9);1H3;/q-1;;2*-1;+1. The molecule has 4 aromatic rings. The summed E-state index contributed by atoms with van der Waals surface area (Å²) in [6.45, 7) is 4.01. The van der Waals surface area contributed by atoms with E-state index in [4.69, 9.17) is 15.9 Å².